The van der Waals surface area contributed by atoms with Crippen molar-refractivity contribution in [3.8, 4) is 12.3 Å². The number of allylic oxidation sites excluding steroid dienone is 2. The zero-order chi connectivity index (χ0) is 22.4. The van der Waals surface area contributed by atoms with Crippen molar-refractivity contribution < 1.29 is 14.3 Å². The molecule has 1 unspecified atom stereocenters. The van der Waals surface area contributed by atoms with Crippen molar-refractivity contribution in [1.82, 2.24) is 14.6 Å². The molecule has 6 nitrogen and oxygen atoms in total. The highest BCUT2D eigenvalue weighted by atomic mass is 31.0. The van der Waals surface area contributed by atoms with Crippen molar-refractivity contribution in [3.05, 3.63) is 47.1 Å². The molecule has 1 atom stereocenters. The quantitative estimate of drug-likeness (QED) is 0.312. The summed E-state index contributed by atoms with van der Waals surface area (Å²) in [6.07, 6.45) is 10.6. The number of terminal acetylenes is 1. The number of nitrogens with zero attached hydrogens (tertiary/aromatic N) is 2. The summed E-state index contributed by atoms with van der Waals surface area (Å²) in [6, 6.07) is 1.72. The van der Waals surface area contributed by atoms with Crippen LogP contribution < -0.4 is 5.32 Å². The molecule has 1 N–H and O–H groups in total. The highest BCUT2D eigenvalue weighted by Crippen LogP contribution is 2.25. The van der Waals surface area contributed by atoms with Gasteiger partial charge >= 0.3 is 6.09 Å². The molecule has 1 rings (SSSR count). The number of carbonyl (C=O) groups excluding carboxylic acids is 2. The number of hydrogen-bond donors (Lipinski definition) is 1. The van der Waals surface area contributed by atoms with Gasteiger partial charge in [0.1, 0.15) is 5.60 Å². The highest BCUT2D eigenvalue weighted by Gasteiger charge is 2.20. The van der Waals surface area contributed by atoms with Gasteiger partial charge in [-0.15, -0.1) is 6.42 Å². The van der Waals surface area contributed by atoms with Gasteiger partial charge in [-0.05, 0) is 48.7 Å². The average Bonchev–Trinajstić information content (AvgIpc) is 2.92. The molecule has 0 saturated carbocycles. The number of Topliss-reactive ketones (excluding diaryl/α,β-unsaturated/α-hetero) is 1. The number of ketones is 1. The Kier molecular flexibility index (Phi) is 8.48. The Bertz CT molecular complexity index is 894. The van der Waals surface area contributed by atoms with Gasteiger partial charge in [-0.25, -0.2) is 4.79 Å². The van der Waals surface area contributed by atoms with E-state index in [9.17, 15) is 9.59 Å². The fourth-order valence-corrected chi connectivity index (χ4v) is 2.85. The first-order valence-electron chi connectivity index (χ1n) is 9.16. The maximum absolute atomic E-state index is 12.9. The number of carbonyl (C=O) groups is 2. The maximum atomic E-state index is 12.9. The summed E-state index contributed by atoms with van der Waals surface area (Å²) < 4.78 is 6.97. The number of nitrogens with one attached hydrogen (secondary N) is 1. The molecule has 0 bridgehead atoms. The minimum atomic E-state index is -0.597. The van der Waals surface area contributed by atoms with Crippen LogP contribution in [0.25, 0.3) is 12.2 Å². The van der Waals surface area contributed by atoms with Crippen LogP contribution in [0.5, 0.6) is 0 Å². The van der Waals surface area contributed by atoms with E-state index in [0.717, 1.165) is 5.56 Å². The van der Waals surface area contributed by atoms with Gasteiger partial charge in [-0.1, -0.05) is 25.5 Å². The molecule has 0 fully saturated rings. The van der Waals surface area contributed by atoms with Crippen LogP contribution in [-0.4, -0.2) is 40.8 Å². The van der Waals surface area contributed by atoms with Gasteiger partial charge in [0.15, 0.2) is 0 Å². The van der Waals surface area contributed by atoms with E-state index >= 15 is 0 Å². The van der Waals surface area contributed by atoms with E-state index in [2.05, 4.69) is 27.2 Å². The van der Waals surface area contributed by atoms with Gasteiger partial charge in [-0.2, -0.15) is 0 Å². The molecule has 0 aliphatic heterocycles. The first kappa shape index (κ1) is 24.3. The standard InChI is InChI=1S/C22H30N3O3P/c1-9-15-12-19(20(26)16(10-2)14-24(7)8)25(29)18(15)13-17(11-3)23-21(27)28-22(4,5)6/h2,9,12-14H,1,11,29H2,3-8H3,(H,23,27)/b16-14+,17-13+. The molecule has 0 aromatic carbocycles. The molecule has 1 aromatic heterocycles. The van der Waals surface area contributed by atoms with Crippen LogP contribution in [0, 0.1) is 12.3 Å². The number of amides is 1. The molecular formula is C22H30N3O3P. The van der Waals surface area contributed by atoms with Gasteiger partial charge in [0.05, 0.1) is 17.0 Å². The lowest BCUT2D eigenvalue weighted by Crippen LogP contribution is -2.32. The Morgan fingerprint density at radius 2 is 2.03 bits per heavy atom. The second-order valence-corrected chi connectivity index (χ2v) is 8.09. The van der Waals surface area contributed by atoms with E-state index in [1.807, 2.05) is 6.92 Å². The van der Waals surface area contributed by atoms with Crippen molar-refractivity contribution >= 4 is 33.4 Å². The van der Waals surface area contributed by atoms with Crippen LogP contribution in [-0.2, 0) is 4.74 Å². The number of rotatable bonds is 7. The molecule has 0 aliphatic carbocycles. The van der Waals surface area contributed by atoms with E-state index in [0.29, 0.717) is 23.5 Å². The lowest BCUT2D eigenvalue weighted by Gasteiger charge is -2.20. The fourth-order valence-electron chi connectivity index (χ4n) is 2.43. The largest absolute Gasteiger partial charge is 0.444 e. The van der Waals surface area contributed by atoms with Crippen LogP contribution >= 0.6 is 9.39 Å². The van der Waals surface area contributed by atoms with E-state index in [1.54, 1.807) is 68.5 Å². The van der Waals surface area contributed by atoms with Gasteiger partial charge in [0, 0.05) is 31.6 Å². The zero-order valence-corrected chi connectivity index (χ0v) is 19.2. The van der Waals surface area contributed by atoms with Gasteiger partial charge in [0.25, 0.3) is 0 Å². The monoisotopic (exact) mass is 415 g/mol. The molecule has 0 radical (unpaired) electrons. The summed E-state index contributed by atoms with van der Waals surface area (Å²) in [7, 11) is 6.10. The Hall–Kier alpha value is -2.77. The third-order valence-corrected chi connectivity index (χ3v) is 4.26. The Morgan fingerprint density at radius 1 is 1.41 bits per heavy atom. The maximum Gasteiger partial charge on any atom is 0.411 e. The average molecular weight is 415 g/mol. The van der Waals surface area contributed by atoms with E-state index in [-0.39, 0.29) is 11.4 Å². The van der Waals surface area contributed by atoms with Crippen LogP contribution in [0.1, 0.15) is 55.9 Å². The predicted octanol–water partition coefficient (Wildman–Crippen LogP) is 4.31. The van der Waals surface area contributed by atoms with Crippen LogP contribution in [0.2, 0.25) is 0 Å². The molecule has 0 aliphatic rings. The molecule has 7 heteroatoms. The Labute approximate surface area is 175 Å². The summed E-state index contributed by atoms with van der Waals surface area (Å²) in [5, 5.41) is 2.76. The van der Waals surface area contributed by atoms with Crippen LogP contribution in [0.15, 0.2) is 30.1 Å². The number of aromatic nitrogens is 1. The number of ether oxygens (including phenoxy) is 1. The summed E-state index contributed by atoms with van der Waals surface area (Å²) in [4.78, 5) is 26.7. The molecule has 0 spiro atoms. The first-order valence-corrected chi connectivity index (χ1v) is 9.68. The van der Waals surface area contributed by atoms with Crippen molar-refractivity contribution in [3.63, 3.8) is 0 Å². The SMILES string of the molecule is C#C/C(=C\N(C)C)C(=O)c1cc(C=C)c(/C=C(\CC)NC(=O)OC(C)(C)C)n1P. The van der Waals surface area contributed by atoms with Crippen molar-refractivity contribution in [2.75, 3.05) is 14.1 Å². The lowest BCUT2D eigenvalue weighted by atomic mass is 10.1. The molecule has 29 heavy (non-hydrogen) atoms. The first-order chi connectivity index (χ1) is 13.4. The number of hydrogen-bond acceptors (Lipinski definition) is 4. The topological polar surface area (TPSA) is 63.6 Å². The van der Waals surface area contributed by atoms with Crippen LogP contribution in [0.3, 0.4) is 0 Å². The van der Waals surface area contributed by atoms with Crippen LogP contribution in [0.4, 0.5) is 4.79 Å². The van der Waals surface area contributed by atoms with Crippen molar-refractivity contribution in [2.24, 2.45) is 0 Å². The molecular weight excluding hydrogens is 385 g/mol. The van der Waals surface area contributed by atoms with Gasteiger partial charge < -0.3 is 14.0 Å². The minimum Gasteiger partial charge on any atom is -0.444 e. The van der Waals surface area contributed by atoms with E-state index in [1.165, 1.54) is 0 Å². The zero-order valence-electron chi connectivity index (χ0n) is 18.0. The third kappa shape index (κ3) is 6.96. The van der Waals surface area contributed by atoms with Gasteiger partial charge in [-0.3, -0.25) is 10.1 Å². The number of alkyl carbamates (subject to hydrolysis) is 1. The summed E-state index contributed by atoms with van der Waals surface area (Å²) in [5.41, 5.74) is 2.12. The third-order valence-electron chi connectivity index (χ3n) is 3.70. The van der Waals surface area contributed by atoms with Crippen molar-refractivity contribution in [1.29, 1.82) is 0 Å². The van der Waals surface area contributed by atoms with E-state index in [4.69, 9.17) is 11.2 Å². The second kappa shape index (κ2) is 10.1. The summed E-state index contributed by atoms with van der Waals surface area (Å²) in [5.74, 6) is 2.16. The Morgan fingerprint density at radius 3 is 2.48 bits per heavy atom. The Balaban J connectivity index is 3.34. The molecule has 1 aromatic rings. The lowest BCUT2D eigenvalue weighted by molar-refractivity contribution is 0.0545. The fraction of sp³-hybridized carbons (Fsp3) is 0.364. The highest BCUT2D eigenvalue weighted by molar-refractivity contribution is 7.14. The molecule has 156 valence electrons. The summed E-state index contributed by atoms with van der Waals surface area (Å²) >= 11 is 0. The molecule has 1 heterocycles. The smallest absolute Gasteiger partial charge is 0.411 e. The second-order valence-electron chi connectivity index (χ2n) is 7.57. The normalized spacial score (nSPS) is 12.2. The molecule has 1 amide bonds. The summed E-state index contributed by atoms with van der Waals surface area (Å²) in [6.45, 7) is 11.1. The van der Waals surface area contributed by atoms with E-state index < -0.39 is 11.7 Å². The predicted molar refractivity (Wildman–Crippen MR) is 122 cm³/mol. The minimum absolute atomic E-state index is 0.241. The van der Waals surface area contributed by atoms with Crippen molar-refractivity contribution in [2.45, 2.75) is 39.7 Å². The molecule has 0 saturated heterocycles. The van der Waals surface area contributed by atoms with Gasteiger partial charge in [0.2, 0.25) is 5.78 Å².